The lowest BCUT2D eigenvalue weighted by atomic mass is 10.1. The van der Waals surface area contributed by atoms with E-state index in [1.165, 1.54) is 0 Å². The highest BCUT2D eigenvalue weighted by molar-refractivity contribution is 5.94. The molecule has 0 saturated carbocycles. The van der Waals surface area contributed by atoms with Gasteiger partial charge in [0.05, 0.1) is 25.3 Å². The van der Waals surface area contributed by atoms with Crippen molar-refractivity contribution in [2.75, 3.05) is 20.3 Å². The van der Waals surface area contributed by atoms with E-state index in [1.54, 1.807) is 11.8 Å². The molecule has 3 aromatic carbocycles. The van der Waals surface area contributed by atoms with Gasteiger partial charge >= 0.3 is 0 Å². The molecule has 0 unspecified atom stereocenters. The van der Waals surface area contributed by atoms with Crippen LogP contribution in [0.4, 0.5) is 0 Å². The number of carbonyl (C=O) groups is 1. The lowest BCUT2D eigenvalue weighted by Gasteiger charge is -2.26. The number of aryl methyl sites for hydroxylation is 1. The Morgan fingerprint density at radius 2 is 1.76 bits per heavy atom. The van der Waals surface area contributed by atoms with Gasteiger partial charge in [-0.1, -0.05) is 54.6 Å². The van der Waals surface area contributed by atoms with E-state index >= 15 is 0 Å². The lowest BCUT2D eigenvalue weighted by Crippen LogP contribution is -2.37. The summed E-state index contributed by atoms with van der Waals surface area (Å²) in [6, 6.07) is 26.8. The number of nitrogens with zero attached hydrogens (tertiary/aromatic N) is 3. The maximum Gasteiger partial charge on any atom is 0.254 e. The Morgan fingerprint density at radius 3 is 2.46 bits per heavy atom. The molecule has 7 heteroatoms. The van der Waals surface area contributed by atoms with E-state index in [1.807, 2.05) is 96.9 Å². The third-order valence-electron chi connectivity index (χ3n) is 6.50. The van der Waals surface area contributed by atoms with Crippen LogP contribution in [0.25, 0.3) is 11.3 Å². The Bertz CT molecular complexity index is 1330. The zero-order valence-corrected chi connectivity index (χ0v) is 21.2. The first-order valence-electron chi connectivity index (χ1n) is 12.5. The van der Waals surface area contributed by atoms with E-state index in [2.05, 4.69) is 0 Å². The molecule has 1 atom stereocenters. The van der Waals surface area contributed by atoms with Gasteiger partial charge in [-0.15, -0.1) is 0 Å². The van der Waals surface area contributed by atoms with Crippen molar-refractivity contribution >= 4 is 5.91 Å². The summed E-state index contributed by atoms with van der Waals surface area (Å²) >= 11 is 0. The summed E-state index contributed by atoms with van der Waals surface area (Å²) in [5.74, 6) is 1.85. The molecule has 1 saturated heterocycles. The summed E-state index contributed by atoms with van der Waals surface area (Å²) in [4.78, 5) is 15.6. The number of aromatic nitrogens is 2. The maximum atomic E-state index is 13.7. The Kier molecular flexibility index (Phi) is 7.51. The molecule has 7 nitrogen and oxygen atoms in total. The number of hydrogen-bond donors (Lipinski definition) is 0. The van der Waals surface area contributed by atoms with Gasteiger partial charge in [0.1, 0.15) is 17.2 Å². The van der Waals surface area contributed by atoms with Gasteiger partial charge in [-0.05, 0) is 37.1 Å². The molecule has 37 heavy (non-hydrogen) atoms. The summed E-state index contributed by atoms with van der Waals surface area (Å²) in [5.41, 5.74) is 3.21. The third kappa shape index (κ3) is 5.67. The van der Waals surface area contributed by atoms with Gasteiger partial charge in [0, 0.05) is 37.4 Å². The van der Waals surface area contributed by atoms with Crippen LogP contribution in [0.2, 0.25) is 0 Å². The van der Waals surface area contributed by atoms with Gasteiger partial charge in [0.2, 0.25) is 5.88 Å². The molecule has 1 aromatic heterocycles. The minimum atomic E-state index is -0.0497. The van der Waals surface area contributed by atoms with Gasteiger partial charge in [-0.25, -0.2) is 4.68 Å². The first-order valence-corrected chi connectivity index (χ1v) is 12.5. The van der Waals surface area contributed by atoms with E-state index in [0.717, 1.165) is 36.3 Å². The fourth-order valence-corrected chi connectivity index (χ4v) is 4.63. The summed E-state index contributed by atoms with van der Waals surface area (Å²) in [6.07, 6.45) is 1.95. The molecule has 0 spiro atoms. The molecule has 4 aromatic rings. The number of amides is 1. The summed E-state index contributed by atoms with van der Waals surface area (Å²) in [6.45, 7) is 1.55. The van der Waals surface area contributed by atoms with E-state index < -0.39 is 0 Å². The van der Waals surface area contributed by atoms with Crippen molar-refractivity contribution in [2.24, 2.45) is 7.05 Å². The Hall–Kier alpha value is -4.10. The molecule has 1 fully saturated rings. The Morgan fingerprint density at radius 1 is 1.03 bits per heavy atom. The van der Waals surface area contributed by atoms with Crippen molar-refractivity contribution in [3.8, 4) is 28.6 Å². The Labute approximate surface area is 217 Å². The number of benzene rings is 3. The van der Waals surface area contributed by atoms with Crippen LogP contribution in [0.3, 0.4) is 0 Å². The van der Waals surface area contributed by atoms with Crippen LogP contribution in [0, 0.1) is 0 Å². The minimum Gasteiger partial charge on any atom is -0.497 e. The lowest BCUT2D eigenvalue weighted by molar-refractivity contribution is 0.0506. The van der Waals surface area contributed by atoms with Crippen LogP contribution in [0.1, 0.15) is 28.8 Å². The zero-order valence-electron chi connectivity index (χ0n) is 21.2. The largest absolute Gasteiger partial charge is 0.497 e. The van der Waals surface area contributed by atoms with Crippen LogP contribution in [-0.2, 0) is 18.3 Å². The zero-order chi connectivity index (χ0) is 25.6. The number of carbonyl (C=O) groups excluding carboxylic acids is 1. The molecule has 0 N–H and O–H groups in total. The fraction of sp³-hybridized carbons (Fsp3) is 0.267. The second-order valence-corrected chi connectivity index (χ2v) is 9.09. The van der Waals surface area contributed by atoms with Crippen LogP contribution in [-0.4, -0.2) is 47.0 Å². The van der Waals surface area contributed by atoms with Crippen molar-refractivity contribution in [1.82, 2.24) is 14.7 Å². The SMILES string of the molecule is COc1cccc(Oc2c(CN(C[C@H]3CCCO3)C(=O)c3ccccc3)c(-c3ccccc3)nn2C)c1. The molecule has 0 bridgehead atoms. The first kappa shape index (κ1) is 24.6. The second kappa shape index (κ2) is 11.3. The van der Waals surface area contributed by atoms with Gasteiger partial charge in [-0.3, -0.25) is 4.79 Å². The highest BCUT2D eigenvalue weighted by Crippen LogP contribution is 2.35. The molecule has 5 rings (SSSR count). The number of methoxy groups -OCH3 is 1. The molecule has 1 aliphatic rings. The van der Waals surface area contributed by atoms with Crippen LogP contribution in [0.15, 0.2) is 84.9 Å². The molecule has 0 aliphatic carbocycles. The van der Waals surface area contributed by atoms with Crippen molar-refractivity contribution in [3.05, 3.63) is 96.1 Å². The predicted molar refractivity (Wildman–Crippen MR) is 142 cm³/mol. The fourth-order valence-electron chi connectivity index (χ4n) is 4.63. The average Bonchev–Trinajstić information content (AvgIpc) is 3.57. The first-order chi connectivity index (χ1) is 18.1. The smallest absolute Gasteiger partial charge is 0.254 e. The number of ether oxygens (including phenoxy) is 3. The summed E-state index contributed by atoms with van der Waals surface area (Å²) in [5, 5.41) is 4.83. The number of rotatable bonds is 9. The van der Waals surface area contributed by atoms with E-state index in [9.17, 15) is 4.79 Å². The van der Waals surface area contributed by atoms with Gasteiger partial charge < -0.3 is 19.1 Å². The molecule has 0 radical (unpaired) electrons. The molecular formula is C30H31N3O4. The second-order valence-electron chi connectivity index (χ2n) is 9.09. The van der Waals surface area contributed by atoms with Crippen LogP contribution >= 0.6 is 0 Å². The predicted octanol–water partition coefficient (Wildman–Crippen LogP) is 5.71. The van der Waals surface area contributed by atoms with Crippen LogP contribution < -0.4 is 9.47 Å². The highest BCUT2D eigenvalue weighted by atomic mass is 16.5. The maximum absolute atomic E-state index is 13.7. The standard InChI is InChI=1S/C30H31N3O4/c1-32-30(37-25-16-9-15-24(19-25)35-2)27(28(31-32)22-11-5-3-6-12-22)21-33(20-26-17-10-18-36-26)29(34)23-13-7-4-8-14-23/h3-9,11-16,19,26H,10,17-18,20-21H2,1-2H3/t26-/m1/s1. The normalized spacial score (nSPS) is 14.9. The molecule has 1 aliphatic heterocycles. The highest BCUT2D eigenvalue weighted by Gasteiger charge is 2.28. The number of hydrogen-bond acceptors (Lipinski definition) is 5. The third-order valence-corrected chi connectivity index (χ3v) is 6.50. The Balaban J connectivity index is 1.56. The van der Waals surface area contributed by atoms with Crippen molar-refractivity contribution in [1.29, 1.82) is 0 Å². The monoisotopic (exact) mass is 497 g/mol. The van der Waals surface area contributed by atoms with Gasteiger partial charge in [0.25, 0.3) is 5.91 Å². The van der Waals surface area contributed by atoms with E-state index in [4.69, 9.17) is 19.3 Å². The van der Waals surface area contributed by atoms with Gasteiger partial charge in [-0.2, -0.15) is 5.10 Å². The van der Waals surface area contributed by atoms with Crippen molar-refractivity contribution in [3.63, 3.8) is 0 Å². The average molecular weight is 498 g/mol. The molecular weight excluding hydrogens is 466 g/mol. The molecule has 1 amide bonds. The van der Waals surface area contributed by atoms with Crippen LogP contribution in [0.5, 0.6) is 17.4 Å². The quantitative estimate of drug-likeness (QED) is 0.296. The van der Waals surface area contributed by atoms with E-state index in [0.29, 0.717) is 36.0 Å². The molecule has 2 heterocycles. The molecule has 190 valence electrons. The van der Waals surface area contributed by atoms with E-state index in [-0.39, 0.29) is 12.0 Å². The van der Waals surface area contributed by atoms with Gasteiger partial charge in [0.15, 0.2) is 0 Å². The van der Waals surface area contributed by atoms with Crippen molar-refractivity contribution < 1.29 is 19.0 Å². The topological polar surface area (TPSA) is 65.8 Å². The van der Waals surface area contributed by atoms with Crippen molar-refractivity contribution in [2.45, 2.75) is 25.5 Å². The summed E-state index contributed by atoms with van der Waals surface area (Å²) < 4.78 is 19.4. The summed E-state index contributed by atoms with van der Waals surface area (Å²) in [7, 11) is 3.48. The minimum absolute atomic E-state index is 0.00672.